The zero-order chi connectivity index (χ0) is 17.5. The van der Waals surface area contributed by atoms with Crippen molar-refractivity contribution in [2.24, 2.45) is 17.8 Å². The molecule has 1 aromatic rings. The molecule has 0 spiro atoms. The molecular weight excluding hydrogens is 302 g/mol. The molecule has 0 bridgehead atoms. The maximum Gasteiger partial charge on any atom is 0.0434 e. The van der Waals surface area contributed by atoms with Crippen LogP contribution in [0, 0.1) is 17.8 Å². The Kier molecular flexibility index (Phi) is 7.37. The van der Waals surface area contributed by atoms with Crippen molar-refractivity contribution in [1.82, 2.24) is 4.98 Å². The Morgan fingerprint density at radius 2 is 1.52 bits per heavy atom. The summed E-state index contributed by atoms with van der Waals surface area (Å²) in [5, 5.41) is 0. The fourth-order valence-corrected chi connectivity index (χ4v) is 5.44. The quantitative estimate of drug-likeness (QED) is 0.507. The zero-order valence-corrected chi connectivity index (χ0v) is 16.7. The number of hydrogen-bond donors (Lipinski definition) is 0. The zero-order valence-electron chi connectivity index (χ0n) is 16.7. The van der Waals surface area contributed by atoms with E-state index in [2.05, 4.69) is 32.2 Å². The lowest BCUT2D eigenvalue weighted by Gasteiger charge is -2.37. The van der Waals surface area contributed by atoms with Gasteiger partial charge in [0.2, 0.25) is 0 Å². The molecule has 0 saturated heterocycles. The van der Waals surface area contributed by atoms with Gasteiger partial charge in [0.05, 0.1) is 0 Å². The molecular formula is C24H39N. The summed E-state index contributed by atoms with van der Waals surface area (Å²) in [6, 6.07) is 4.63. The van der Waals surface area contributed by atoms with E-state index in [1.165, 1.54) is 94.7 Å². The fourth-order valence-electron chi connectivity index (χ4n) is 5.44. The lowest BCUT2D eigenvalue weighted by atomic mass is 9.68. The summed E-state index contributed by atoms with van der Waals surface area (Å²) in [6.07, 6.45) is 20.6. The van der Waals surface area contributed by atoms with E-state index in [0.717, 1.165) is 23.7 Å². The predicted molar refractivity (Wildman–Crippen MR) is 108 cm³/mol. The van der Waals surface area contributed by atoms with Crippen LogP contribution in [0.4, 0.5) is 0 Å². The molecule has 0 radical (unpaired) electrons. The average molecular weight is 342 g/mol. The molecule has 0 aliphatic heterocycles. The SMILES string of the molecule is CCCC[C@H]1CC[C@H]([C@H]2CC[C@H](c3ccc(CCC)cn3)CC2)CC1. The van der Waals surface area contributed by atoms with E-state index in [0.29, 0.717) is 0 Å². The van der Waals surface area contributed by atoms with Crippen LogP contribution in [0.15, 0.2) is 18.3 Å². The molecule has 1 heterocycles. The van der Waals surface area contributed by atoms with Crippen molar-refractivity contribution < 1.29 is 0 Å². The van der Waals surface area contributed by atoms with Crippen molar-refractivity contribution in [1.29, 1.82) is 0 Å². The van der Waals surface area contributed by atoms with Crippen LogP contribution in [0.3, 0.4) is 0 Å². The molecule has 0 atom stereocenters. The lowest BCUT2D eigenvalue weighted by Crippen LogP contribution is -2.25. The molecule has 25 heavy (non-hydrogen) atoms. The maximum atomic E-state index is 4.80. The number of rotatable bonds is 7. The van der Waals surface area contributed by atoms with Crippen molar-refractivity contribution >= 4 is 0 Å². The van der Waals surface area contributed by atoms with Gasteiger partial charge in [0.25, 0.3) is 0 Å². The number of aromatic nitrogens is 1. The summed E-state index contributed by atoms with van der Waals surface area (Å²) >= 11 is 0. The first-order valence-corrected chi connectivity index (χ1v) is 11.2. The largest absolute Gasteiger partial charge is 0.261 e. The highest BCUT2D eigenvalue weighted by Crippen LogP contribution is 2.44. The Morgan fingerprint density at radius 1 is 0.840 bits per heavy atom. The second-order valence-corrected chi connectivity index (χ2v) is 8.88. The van der Waals surface area contributed by atoms with Crippen LogP contribution in [0.2, 0.25) is 0 Å². The Balaban J connectivity index is 1.43. The highest BCUT2D eigenvalue weighted by atomic mass is 14.7. The summed E-state index contributed by atoms with van der Waals surface area (Å²) in [6.45, 7) is 4.57. The van der Waals surface area contributed by atoms with Crippen LogP contribution in [-0.2, 0) is 6.42 Å². The first-order valence-electron chi connectivity index (χ1n) is 11.2. The minimum Gasteiger partial charge on any atom is -0.261 e. The van der Waals surface area contributed by atoms with Crippen LogP contribution in [0.25, 0.3) is 0 Å². The smallest absolute Gasteiger partial charge is 0.0434 e. The van der Waals surface area contributed by atoms with Gasteiger partial charge >= 0.3 is 0 Å². The third kappa shape index (κ3) is 5.31. The molecule has 1 nitrogen and oxygen atoms in total. The maximum absolute atomic E-state index is 4.80. The normalized spacial score (nSPS) is 30.3. The van der Waals surface area contributed by atoms with Crippen molar-refractivity contribution in [3.8, 4) is 0 Å². The van der Waals surface area contributed by atoms with Crippen LogP contribution in [0.1, 0.15) is 108 Å². The molecule has 0 N–H and O–H groups in total. The molecule has 0 unspecified atom stereocenters. The van der Waals surface area contributed by atoms with Gasteiger partial charge in [-0.25, -0.2) is 0 Å². The number of hydrogen-bond acceptors (Lipinski definition) is 1. The molecule has 2 saturated carbocycles. The van der Waals surface area contributed by atoms with E-state index >= 15 is 0 Å². The number of unbranched alkanes of at least 4 members (excludes halogenated alkanes) is 1. The average Bonchev–Trinajstić information content (AvgIpc) is 2.68. The summed E-state index contributed by atoms with van der Waals surface area (Å²) in [5.41, 5.74) is 2.77. The van der Waals surface area contributed by atoms with Gasteiger partial charge < -0.3 is 0 Å². The van der Waals surface area contributed by atoms with E-state index in [9.17, 15) is 0 Å². The van der Waals surface area contributed by atoms with Gasteiger partial charge in [-0.1, -0.05) is 58.4 Å². The summed E-state index contributed by atoms with van der Waals surface area (Å²) in [7, 11) is 0. The highest BCUT2D eigenvalue weighted by Gasteiger charge is 2.31. The Morgan fingerprint density at radius 3 is 2.08 bits per heavy atom. The molecule has 2 aliphatic rings. The van der Waals surface area contributed by atoms with E-state index in [1.54, 1.807) is 0 Å². The number of aryl methyl sites for hydroxylation is 1. The monoisotopic (exact) mass is 341 g/mol. The first-order chi connectivity index (χ1) is 12.3. The minimum absolute atomic E-state index is 0.729. The Hall–Kier alpha value is -0.850. The van der Waals surface area contributed by atoms with Crippen molar-refractivity contribution in [2.75, 3.05) is 0 Å². The van der Waals surface area contributed by atoms with Crippen LogP contribution in [-0.4, -0.2) is 4.98 Å². The first kappa shape index (κ1) is 18.9. The van der Waals surface area contributed by atoms with Gasteiger partial charge in [-0.05, 0) is 74.3 Å². The molecule has 2 fully saturated rings. The summed E-state index contributed by atoms with van der Waals surface area (Å²) in [5.74, 6) is 3.84. The third-order valence-corrected chi connectivity index (χ3v) is 7.10. The van der Waals surface area contributed by atoms with E-state index in [1.807, 2.05) is 0 Å². The van der Waals surface area contributed by atoms with Gasteiger partial charge in [0.1, 0.15) is 0 Å². The van der Waals surface area contributed by atoms with Gasteiger partial charge in [0, 0.05) is 17.8 Å². The highest BCUT2D eigenvalue weighted by molar-refractivity contribution is 5.17. The lowest BCUT2D eigenvalue weighted by molar-refractivity contribution is 0.155. The van der Waals surface area contributed by atoms with E-state index in [-0.39, 0.29) is 0 Å². The van der Waals surface area contributed by atoms with E-state index < -0.39 is 0 Å². The van der Waals surface area contributed by atoms with Gasteiger partial charge in [-0.15, -0.1) is 0 Å². The summed E-state index contributed by atoms with van der Waals surface area (Å²) in [4.78, 5) is 4.80. The molecule has 2 aliphatic carbocycles. The number of nitrogens with zero attached hydrogens (tertiary/aromatic N) is 1. The second-order valence-electron chi connectivity index (χ2n) is 8.88. The van der Waals surface area contributed by atoms with Gasteiger partial charge in [-0.3, -0.25) is 4.98 Å². The van der Waals surface area contributed by atoms with Gasteiger partial charge in [0.15, 0.2) is 0 Å². The molecule has 1 aromatic heterocycles. The van der Waals surface area contributed by atoms with Crippen LogP contribution >= 0.6 is 0 Å². The number of pyridine rings is 1. The molecule has 0 aromatic carbocycles. The standard InChI is InChI=1S/C24H39N/c1-3-5-7-19-8-11-21(12-9-19)22-13-15-23(16-14-22)24-17-10-20(6-4-2)18-25-24/h10,17-19,21-23H,3-9,11-16H2,1-2H3/t19-,21-,22-,23-. The Labute approximate surface area is 156 Å². The topological polar surface area (TPSA) is 12.9 Å². The van der Waals surface area contributed by atoms with Gasteiger partial charge in [-0.2, -0.15) is 0 Å². The third-order valence-electron chi connectivity index (χ3n) is 7.10. The molecule has 1 heteroatoms. The Bertz CT molecular complexity index is 475. The van der Waals surface area contributed by atoms with Crippen molar-refractivity contribution in [2.45, 2.75) is 103 Å². The molecule has 140 valence electrons. The molecule has 3 rings (SSSR count). The van der Waals surface area contributed by atoms with E-state index in [4.69, 9.17) is 4.98 Å². The fraction of sp³-hybridized carbons (Fsp3) is 0.792. The second kappa shape index (κ2) is 9.74. The van der Waals surface area contributed by atoms with Crippen LogP contribution in [0.5, 0.6) is 0 Å². The predicted octanol–water partition coefficient (Wildman–Crippen LogP) is 7.30. The molecule has 0 amide bonds. The van der Waals surface area contributed by atoms with Crippen molar-refractivity contribution in [3.05, 3.63) is 29.6 Å². The minimum atomic E-state index is 0.729. The summed E-state index contributed by atoms with van der Waals surface area (Å²) < 4.78 is 0. The van der Waals surface area contributed by atoms with Crippen molar-refractivity contribution in [3.63, 3.8) is 0 Å². The van der Waals surface area contributed by atoms with Crippen LogP contribution < -0.4 is 0 Å².